The van der Waals surface area contributed by atoms with Gasteiger partial charge in [-0.05, 0) is 32.6 Å². The van der Waals surface area contributed by atoms with Crippen molar-refractivity contribution in [1.82, 2.24) is 10.6 Å². The minimum atomic E-state index is -0.376. The Balaban J connectivity index is 2.36. The monoisotopic (exact) mass is 296 g/mol. The average Bonchev–Trinajstić information content (AvgIpc) is 2.89. The Bertz CT molecular complexity index is 358. The maximum atomic E-state index is 12.4. The van der Waals surface area contributed by atoms with Gasteiger partial charge in [-0.2, -0.15) is 0 Å². The van der Waals surface area contributed by atoms with Gasteiger partial charge in [0.2, 0.25) is 11.8 Å². The molecule has 0 aromatic heterocycles. The van der Waals surface area contributed by atoms with E-state index in [0.717, 1.165) is 25.7 Å². The van der Waals surface area contributed by atoms with E-state index in [-0.39, 0.29) is 29.2 Å². The zero-order valence-electron chi connectivity index (χ0n) is 14.3. The van der Waals surface area contributed by atoms with Gasteiger partial charge in [-0.1, -0.05) is 40.5 Å². The summed E-state index contributed by atoms with van der Waals surface area (Å²) in [5, 5.41) is 6.17. The van der Waals surface area contributed by atoms with Crippen LogP contribution in [0.5, 0.6) is 0 Å². The van der Waals surface area contributed by atoms with Crippen LogP contribution in [0.2, 0.25) is 0 Å². The Hall–Kier alpha value is -1.06. The number of amides is 2. The molecule has 0 aromatic carbocycles. The molecule has 1 atom stereocenters. The molecule has 21 heavy (non-hydrogen) atoms. The molecule has 4 heteroatoms. The molecule has 1 rings (SSSR count). The third-order valence-corrected chi connectivity index (χ3v) is 4.42. The lowest BCUT2D eigenvalue weighted by atomic mass is 9.85. The number of rotatable bonds is 7. The summed E-state index contributed by atoms with van der Waals surface area (Å²) in [6.07, 6.45) is 6.28. The Morgan fingerprint density at radius 1 is 1.14 bits per heavy atom. The molecule has 0 heterocycles. The molecule has 122 valence electrons. The summed E-state index contributed by atoms with van der Waals surface area (Å²) in [5.41, 5.74) is -0.376. The molecule has 0 spiro atoms. The second kappa shape index (κ2) is 7.81. The summed E-state index contributed by atoms with van der Waals surface area (Å²) in [6.45, 7) is 9.77. The van der Waals surface area contributed by atoms with Gasteiger partial charge in [0.1, 0.15) is 0 Å². The fraction of sp³-hybridized carbons (Fsp3) is 0.882. The Labute approximate surface area is 129 Å². The normalized spacial score (nSPS) is 17.8. The summed E-state index contributed by atoms with van der Waals surface area (Å²) in [7, 11) is 0. The Morgan fingerprint density at radius 3 is 2.24 bits per heavy atom. The van der Waals surface area contributed by atoms with E-state index in [4.69, 9.17) is 0 Å². The van der Waals surface area contributed by atoms with Crippen LogP contribution in [-0.4, -0.2) is 23.9 Å². The summed E-state index contributed by atoms with van der Waals surface area (Å²) >= 11 is 0. The molecule has 0 bridgehead atoms. The van der Waals surface area contributed by atoms with Gasteiger partial charge >= 0.3 is 0 Å². The zero-order chi connectivity index (χ0) is 16.0. The number of nitrogens with one attached hydrogen (secondary N) is 2. The first kappa shape index (κ1) is 18.0. The van der Waals surface area contributed by atoms with E-state index in [2.05, 4.69) is 10.6 Å². The van der Waals surface area contributed by atoms with Gasteiger partial charge in [0, 0.05) is 23.4 Å². The highest BCUT2D eigenvalue weighted by molar-refractivity contribution is 5.82. The third-order valence-electron chi connectivity index (χ3n) is 4.42. The van der Waals surface area contributed by atoms with Gasteiger partial charge in [0.15, 0.2) is 0 Å². The Morgan fingerprint density at radius 2 is 1.71 bits per heavy atom. The van der Waals surface area contributed by atoms with Crippen LogP contribution in [0.25, 0.3) is 0 Å². The standard InChI is InChI=1S/C17H32N2O2/c1-12(2)15(20)18-13(3)10-11-17(4,5)16(21)19-14-8-6-7-9-14/h12-14H,6-11H2,1-5H3,(H,18,20)(H,19,21). The van der Waals surface area contributed by atoms with Gasteiger partial charge in [0.25, 0.3) is 0 Å². The molecule has 2 N–H and O–H groups in total. The van der Waals surface area contributed by atoms with E-state index < -0.39 is 0 Å². The zero-order valence-corrected chi connectivity index (χ0v) is 14.3. The van der Waals surface area contributed by atoms with Gasteiger partial charge < -0.3 is 10.6 Å². The third kappa shape index (κ3) is 6.06. The van der Waals surface area contributed by atoms with Crippen molar-refractivity contribution in [3.05, 3.63) is 0 Å². The summed E-state index contributed by atoms with van der Waals surface area (Å²) in [4.78, 5) is 24.0. The van der Waals surface area contributed by atoms with E-state index in [1.807, 2.05) is 34.6 Å². The fourth-order valence-corrected chi connectivity index (χ4v) is 2.62. The smallest absolute Gasteiger partial charge is 0.225 e. The average molecular weight is 296 g/mol. The fourth-order valence-electron chi connectivity index (χ4n) is 2.62. The maximum absolute atomic E-state index is 12.4. The van der Waals surface area contributed by atoms with Gasteiger partial charge in [-0.15, -0.1) is 0 Å². The first-order chi connectivity index (χ1) is 9.72. The second-order valence-electron chi connectivity index (χ2n) is 7.44. The first-order valence-corrected chi connectivity index (χ1v) is 8.33. The lowest BCUT2D eigenvalue weighted by molar-refractivity contribution is -0.130. The van der Waals surface area contributed by atoms with Crippen LogP contribution in [0.3, 0.4) is 0 Å². The van der Waals surface area contributed by atoms with Crippen LogP contribution < -0.4 is 10.6 Å². The van der Waals surface area contributed by atoms with E-state index in [1.165, 1.54) is 12.8 Å². The van der Waals surface area contributed by atoms with E-state index >= 15 is 0 Å². The highest BCUT2D eigenvalue weighted by atomic mass is 16.2. The van der Waals surface area contributed by atoms with Crippen LogP contribution in [-0.2, 0) is 9.59 Å². The number of hydrogen-bond acceptors (Lipinski definition) is 2. The van der Waals surface area contributed by atoms with Crippen molar-refractivity contribution < 1.29 is 9.59 Å². The first-order valence-electron chi connectivity index (χ1n) is 8.33. The molecule has 4 nitrogen and oxygen atoms in total. The van der Waals surface area contributed by atoms with Crippen molar-refractivity contribution >= 4 is 11.8 Å². The van der Waals surface area contributed by atoms with E-state index in [1.54, 1.807) is 0 Å². The molecule has 1 unspecified atom stereocenters. The van der Waals surface area contributed by atoms with Crippen LogP contribution in [0, 0.1) is 11.3 Å². The molecule has 1 saturated carbocycles. The summed E-state index contributed by atoms with van der Waals surface area (Å²) < 4.78 is 0. The molecule has 2 amide bonds. The predicted molar refractivity (Wildman–Crippen MR) is 85.9 cm³/mol. The highest BCUT2D eigenvalue weighted by Crippen LogP contribution is 2.26. The van der Waals surface area contributed by atoms with Gasteiger partial charge in [0.05, 0.1) is 0 Å². The molecule has 0 aliphatic heterocycles. The maximum Gasteiger partial charge on any atom is 0.225 e. The number of carbonyl (C=O) groups is 2. The molecule has 0 radical (unpaired) electrons. The second-order valence-corrected chi connectivity index (χ2v) is 7.44. The molecular weight excluding hydrogens is 264 g/mol. The lowest BCUT2D eigenvalue weighted by Crippen LogP contribution is -2.43. The van der Waals surface area contributed by atoms with E-state index in [9.17, 15) is 9.59 Å². The van der Waals surface area contributed by atoms with Crippen LogP contribution in [0.1, 0.15) is 73.1 Å². The molecular formula is C17H32N2O2. The SMILES string of the molecule is CC(CCC(C)(C)C(=O)NC1CCCC1)NC(=O)C(C)C. The van der Waals surface area contributed by atoms with Gasteiger partial charge in [-0.3, -0.25) is 9.59 Å². The summed E-state index contributed by atoms with van der Waals surface area (Å²) in [6, 6.07) is 0.480. The van der Waals surface area contributed by atoms with Crippen molar-refractivity contribution in [2.24, 2.45) is 11.3 Å². The van der Waals surface area contributed by atoms with Crippen molar-refractivity contribution in [3.63, 3.8) is 0 Å². The lowest BCUT2D eigenvalue weighted by Gasteiger charge is -2.27. The largest absolute Gasteiger partial charge is 0.353 e. The Kier molecular flexibility index (Phi) is 6.69. The molecule has 1 aliphatic carbocycles. The minimum Gasteiger partial charge on any atom is -0.353 e. The molecule has 1 aliphatic rings. The molecule has 1 fully saturated rings. The van der Waals surface area contributed by atoms with E-state index in [0.29, 0.717) is 6.04 Å². The van der Waals surface area contributed by atoms with Crippen molar-refractivity contribution in [3.8, 4) is 0 Å². The summed E-state index contributed by atoms with van der Waals surface area (Å²) in [5.74, 6) is 0.235. The van der Waals surface area contributed by atoms with Crippen LogP contribution in [0.15, 0.2) is 0 Å². The molecule has 0 aromatic rings. The van der Waals surface area contributed by atoms with Crippen LogP contribution in [0.4, 0.5) is 0 Å². The number of hydrogen-bond donors (Lipinski definition) is 2. The van der Waals surface area contributed by atoms with Crippen LogP contribution >= 0.6 is 0 Å². The molecule has 0 saturated heterocycles. The van der Waals surface area contributed by atoms with Gasteiger partial charge in [-0.25, -0.2) is 0 Å². The quantitative estimate of drug-likeness (QED) is 0.758. The van der Waals surface area contributed by atoms with Crippen molar-refractivity contribution in [2.75, 3.05) is 0 Å². The minimum absolute atomic E-state index is 0.00567. The van der Waals surface area contributed by atoms with Crippen molar-refractivity contribution in [1.29, 1.82) is 0 Å². The predicted octanol–water partition coefficient (Wildman–Crippen LogP) is 3.01. The highest BCUT2D eigenvalue weighted by Gasteiger charge is 2.30. The number of carbonyl (C=O) groups excluding carboxylic acids is 2. The topological polar surface area (TPSA) is 58.2 Å². The van der Waals surface area contributed by atoms with Crippen molar-refractivity contribution in [2.45, 2.75) is 85.2 Å².